The van der Waals surface area contributed by atoms with Crippen molar-refractivity contribution in [3.8, 4) is 0 Å². The number of hydrogen-bond acceptors (Lipinski definition) is 6. The molecule has 0 aliphatic carbocycles. The SMILES string of the molecule is O=C(CN1C(=O)S/C(=C\c2ccc(N3CCCCC3)cc2)C1=O)N1CCN(c2ccccc2)CC1. The maximum atomic E-state index is 12.9. The van der Waals surface area contributed by atoms with Crippen LogP contribution in [0.5, 0.6) is 0 Å². The van der Waals surface area contributed by atoms with E-state index in [0.717, 1.165) is 54.1 Å². The highest BCUT2D eigenvalue weighted by atomic mass is 32.2. The standard InChI is InChI=1S/C27H30N4O3S/c32-25(30-17-15-29(16-18-30)22-7-3-1-4-8-22)20-31-26(33)24(35-27(31)34)19-21-9-11-23(12-10-21)28-13-5-2-6-14-28/h1,3-4,7-12,19H,2,5-6,13-18,20H2/b24-19-. The molecule has 7 nitrogen and oxygen atoms in total. The molecule has 3 aliphatic heterocycles. The number of anilines is 2. The van der Waals surface area contributed by atoms with Crippen LogP contribution < -0.4 is 9.80 Å². The number of carbonyl (C=O) groups is 3. The zero-order chi connectivity index (χ0) is 24.2. The van der Waals surface area contributed by atoms with Crippen LogP contribution in [0.1, 0.15) is 24.8 Å². The van der Waals surface area contributed by atoms with Crippen molar-refractivity contribution in [1.29, 1.82) is 0 Å². The molecule has 3 fully saturated rings. The van der Waals surface area contributed by atoms with E-state index in [-0.39, 0.29) is 17.7 Å². The Kier molecular flexibility index (Phi) is 7.08. The van der Waals surface area contributed by atoms with Crippen LogP contribution in [0, 0.1) is 0 Å². The number of thioether (sulfide) groups is 1. The maximum Gasteiger partial charge on any atom is 0.294 e. The van der Waals surface area contributed by atoms with Crippen LogP contribution in [-0.4, -0.2) is 72.7 Å². The molecule has 0 bridgehead atoms. The minimum atomic E-state index is -0.392. The summed E-state index contributed by atoms with van der Waals surface area (Å²) >= 11 is 0.904. The molecular formula is C27H30N4O3S. The second-order valence-electron chi connectivity index (χ2n) is 9.11. The van der Waals surface area contributed by atoms with Crippen molar-refractivity contribution in [3.05, 3.63) is 65.1 Å². The first kappa shape index (κ1) is 23.5. The van der Waals surface area contributed by atoms with E-state index in [9.17, 15) is 14.4 Å². The lowest BCUT2D eigenvalue weighted by Crippen LogP contribution is -2.51. The minimum Gasteiger partial charge on any atom is -0.372 e. The number of benzene rings is 2. The normalized spacial score (nSPS) is 20.2. The van der Waals surface area contributed by atoms with Gasteiger partial charge in [-0.1, -0.05) is 30.3 Å². The first-order valence-electron chi connectivity index (χ1n) is 12.3. The van der Waals surface area contributed by atoms with Gasteiger partial charge in [0, 0.05) is 50.6 Å². The molecule has 3 aliphatic rings. The van der Waals surface area contributed by atoms with Gasteiger partial charge in [-0.3, -0.25) is 19.3 Å². The molecular weight excluding hydrogens is 460 g/mol. The van der Waals surface area contributed by atoms with Crippen LogP contribution in [0.25, 0.3) is 6.08 Å². The second kappa shape index (κ2) is 10.6. The number of rotatable bonds is 5. The minimum absolute atomic E-state index is 0.188. The van der Waals surface area contributed by atoms with Gasteiger partial charge >= 0.3 is 0 Å². The smallest absolute Gasteiger partial charge is 0.294 e. The summed E-state index contributed by atoms with van der Waals surface area (Å²) in [6, 6.07) is 18.2. The summed E-state index contributed by atoms with van der Waals surface area (Å²) in [5.74, 6) is -0.580. The Morgan fingerprint density at radius 1 is 0.771 bits per heavy atom. The van der Waals surface area contributed by atoms with Gasteiger partial charge in [0.25, 0.3) is 11.1 Å². The van der Waals surface area contributed by atoms with Gasteiger partial charge in [-0.2, -0.15) is 0 Å². The number of nitrogens with zero attached hydrogens (tertiary/aromatic N) is 4. The van der Waals surface area contributed by atoms with E-state index < -0.39 is 5.91 Å². The molecule has 0 radical (unpaired) electrons. The van der Waals surface area contributed by atoms with Crippen LogP contribution >= 0.6 is 11.8 Å². The maximum absolute atomic E-state index is 12.9. The van der Waals surface area contributed by atoms with E-state index in [0.29, 0.717) is 18.0 Å². The van der Waals surface area contributed by atoms with Crippen LogP contribution in [-0.2, 0) is 9.59 Å². The summed E-state index contributed by atoms with van der Waals surface area (Å²) in [5.41, 5.74) is 3.20. The fourth-order valence-electron chi connectivity index (χ4n) is 4.81. The molecule has 0 saturated carbocycles. The van der Waals surface area contributed by atoms with Gasteiger partial charge in [-0.15, -0.1) is 0 Å². The van der Waals surface area contributed by atoms with E-state index in [1.54, 1.807) is 11.0 Å². The fourth-order valence-corrected chi connectivity index (χ4v) is 5.65. The van der Waals surface area contributed by atoms with Crippen molar-refractivity contribution in [2.45, 2.75) is 19.3 Å². The van der Waals surface area contributed by atoms with Crippen LogP contribution in [0.4, 0.5) is 16.2 Å². The Balaban J connectivity index is 1.17. The molecule has 0 spiro atoms. The van der Waals surface area contributed by atoms with Crippen LogP contribution in [0.3, 0.4) is 0 Å². The van der Waals surface area contributed by atoms with E-state index in [1.807, 2.05) is 30.3 Å². The average Bonchev–Trinajstić information content (AvgIpc) is 3.17. The molecule has 8 heteroatoms. The molecule has 2 aromatic carbocycles. The topological polar surface area (TPSA) is 64.2 Å². The molecule has 0 N–H and O–H groups in total. The molecule has 0 atom stereocenters. The summed E-state index contributed by atoms with van der Waals surface area (Å²) in [6.07, 6.45) is 5.47. The molecule has 3 saturated heterocycles. The van der Waals surface area contributed by atoms with Crippen LogP contribution in [0.2, 0.25) is 0 Å². The van der Waals surface area contributed by atoms with E-state index in [4.69, 9.17) is 0 Å². The Morgan fingerprint density at radius 2 is 1.40 bits per heavy atom. The van der Waals surface area contributed by atoms with E-state index in [2.05, 4.69) is 34.1 Å². The van der Waals surface area contributed by atoms with E-state index in [1.165, 1.54) is 24.9 Å². The zero-order valence-electron chi connectivity index (χ0n) is 19.8. The van der Waals surface area contributed by atoms with Gasteiger partial charge in [0.15, 0.2) is 0 Å². The summed E-state index contributed by atoms with van der Waals surface area (Å²) < 4.78 is 0. The highest BCUT2D eigenvalue weighted by Crippen LogP contribution is 2.32. The second-order valence-corrected chi connectivity index (χ2v) is 10.1. The summed E-state index contributed by atoms with van der Waals surface area (Å²) in [4.78, 5) is 46.1. The lowest BCUT2D eigenvalue weighted by molar-refractivity contribution is -0.136. The van der Waals surface area contributed by atoms with Gasteiger partial charge in [0.05, 0.1) is 4.91 Å². The first-order chi connectivity index (χ1) is 17.1. The summed E-state index contributed by atoms with van der Waals surface area (Å²) in [6.45, 7) is 4.55. The van der Waals surface area contributed by atoms with Gasteiger partial charge in [0.2, 0.25) is 5.91 Å². The number of amides is 3. The Hall–Kier alpha value is -3.26. The molecule has 5 rings (SSSR count). The Labute approximate surface area is 210 Å². The molecule has 0 aromatic heterocycles. The summed E-state index contributed by atoms with van der Waals surface area (Å²) in [5, 5.41) is -0.387. The van der Waals surface area contributed by atoms with E-state index >= 15 is 0 Å². The number of para-hydroxylation sites is 1. The molecule has 182 valence electrons. The Bertz CT molecular complexity index is 1110. The summed E-state index contributed by atoms with van der Waals surface area (Å²) in [7, 11) is 0. The number of piperazine rings is 1. The van der Waals surface area contributed by atoms with Gasteiger partial charge < -0.3 is 14.7 Å². The van der Waals surface area contributed by atoms with Crippen molar-refractivity contribution in [3.63, 3.8) is 0 Å². The monoisotopic (exact) mass is 490 g/mol. The third kappa shape index (κ3) is 5.37. The predicted octanol–water partition coefficient (Wildman–Crippen LogP) is 4.06. The van der Waals surface area contributed by atoms with Crippen molar-refractivity contribution < 1.29 is 14.4 Å². The van der Waals surface area contributed by atoms with Gasteiger partial charge in [-0.25, -0.2) is 0 Å². The lowest BCUT2D eigenvalue weighted by Gasteiger charge is -2.36. The molecule has 0 unspecified atom stereocenters. The average molecular weight is 491 g/mol. The Morgan fingerprint density at radius 3 is 2.09 bits per heavy atom. The number of imide groups is 1. The predicted molar refractivity (Wildman–Crippen MR) is 140 cm³/mol. The third-order valence-electron chi connectivity index (χ3n) is 6.83. The fraction of sp³-hybridized carbons (Fsp3) is 0.370. The highest BCUT2D eigenvalue weighted by Gasteiger charge is 2.37. The van der Waals surface area contributed by atoms with Crippen LogP contribution in [0.15, 0.2) is 59.5 Å². The molecule has 3 amide bonds. The van der Waals surface area contributed by atoms with Gasteiger partial charge in [0.1, 0.15) is 6.54 Å². The van der Waals surface area contributed by atoms with Crippen molar-refractivity contribution in [2.24, 2.45) is 0 Å². The van der Waals surface area contributed by atoms with Crippen molar-refractivity contribution >= 4 is 46.3 Å². The molecule has 35 heavy (non-hydrogen) atoms. The number of carbonyl (C=O) groups excluding carboxylic acids is 3. The zero-order valence-corrected chi connectivity index (χ0v) is 20.6. The first-order valence-corrected chi connectivity index (χ1v) is 13.1. The molecule has 3 heterocycles. The largest absolute Gasteiger partial charge is 0.372 e. The van der Waals surface area contributed by atoms with Crippen molar-refractivity contribution in [1.82, 2.24) is 9.80 Å². The number of piperidine rings is 1. The lowest BCUT2D eigenvalue weighted by atomic mass is 10.1. The quantitative estimate of drug-likeness (QED) is 0.589. The number of hydrogen-bond donors (Lipinski definition) is 0. The third-order valence-corrected chi connectivity index (χ3v) is 7.74. The molecule has 2 aromatic rings. The highest BCUT2D eigenvalue weighted by molar-refractivity contribution is 8.18. The van der Waals surface area contributed by atoms with Crippen molar-refractivity contribution in [2.75, 3.05) is 55.6 Å². The van der Waals surface area contributed by atoms with Gasteiger partial charge in [-0.05, 0) is 66.9 Å².